The summed E-state index contributed by atoms with van der Waals surface area (Å²) in [5.74, 6) is 0. The van der Waals surface area contributed by atoms with Crippen LogP contribution in [0.3, 0.4) is 0 Å². The van der Waals surface area contributed by atoms with Gasteiger partial charge < -0.3 is 14.7 Å². The number of hydrogen-bond acceptors (Lipinski definition) is 4. The molecular formula is C21H25F3N2O3. The first kappa shape index (κ1) is 21.4. The maximum absolute atomic E-state index is 13.2. The van der Waals surface area contributed by atoms with Gasteiger partial charge >= 0.3 is 12.3 Å². The number of piperidine rings is 2. The van der Waals surface area contributed by atoms with Crippen molar-refractivity contribution in [3.63, 3.8) is 0 Å². The average molecular weight is 410 g/mol. The van der Waals surface area contributed by atoms with Crippen LogP contribution in [0, 0.1) is 11.3 Å². The molecule has 1 aromatic carbocycles. The molecule has 2 fully saturated rings. The van der Waals surface area contributed by atoms with E-state index in [1.165, 1.54) is 0 Å². The molecule has 0 spiro atoms. The van der Waals surface area contributed by atoms with E-state index in [1.807, 2.05) is 6.07 Å². The van der Waals surface area contributed by atoms with Gasteiger partial charge in [0.25, 0.3) is 0 Å². The minimum Gasteiger partial charge on any atom is -0.444 e. The zero-order chi connectivity index (χ0) is 21.6. The van der Waals surface area contributed by atoms with Crippen LogP contribution in [0.2, 0.25) is 0 Å². The Hall–Kier alpha value is -2.27. The molecule has 2 unspecified atom stereocenters. The largest absolute Gasteiger partial charge is 0.444 e. The number of fused-ring (bicyclic) bond motifs is 2. The molecule has 0 saturated carbocycles. The van der Waals surface area contributed by atoms with Crippen molar-refractivity contribution in [1.82, 2.24) is 4.90 Å². The molecule has 2 bridgehead atoms. The molecule has 2 aliphatic rings. The highest BCUT2D eigenvalue weighted by Gasteiger charge is 2.50. The molecule has 2 heterocycles. The molecule has 0 radical (unpaired) electrons. The lowest BCUT2D eigenvalue weighted by molar-refractivity contribution is -0.138. The summed E-state index contributed by atoms with van der Waals surface area (Å²) in [6.07, 6.45) is -2.81. The number of nitrogens with zero attached hydrogens (tertiary/aromatic N) is 2. The van der Waals surface area contributed by atoms with Gasteiger partial charge in [-0.3, -0.25) is 0 Å². The monoisotopic (exact) mass is 410 g/mol. The van der Waals surface area contributed by atoms with E-state index in [0.29, 0.717) is 12.8 Å². The Kier molecular flexibility index (Phi) is 5.33. The second-order valence-electron chi connectivity index (χ2n) is 8.94. The number of rotatable bonds is 1. The maximum Gasteiger partial charge on any atom is 0.416 e. The fraction of sp³-hybridized carbons (Fsp3) is 0.619. The highest BCUT2D eigenvalue weighted by Crippen LogP contribution is 2.46. The second kappa shape index (κ2) is 7.21. The molecule has 2 atom stereocenters. The summed E-state index contributed by atoms with van der Waals surface area (Å²) < 4.78 is 45.2. The van der Waals surface area contributed by atoms with Crippen molar-refractivity contribution in [2.45, 2.75) is 82.3 Å². The second-order valence-corrected chi connectivity index (χ2v) is 8.94. The molecule has 158 valence electrons. The average Bonchev–Trinajstić information content (AvgIpc) is 2.58. The number of carbonyl (C=O) groups excluding carboxylic acids is 1. The quantitative estimate of drug-likeness (QED) is 0.727. The van der Waals surface area contributed by atoms with Gasteiger partial charge in [-0.25, -0.2) is 4.79 Å². The zero-order valence-electron chi connectivity index (χ0n) is 16.7. The third-order valence-corrected chi connectivity index (χ3v) is 5.58. The number of alkyl halides is 3. The Balaban J connectivity index is 1.96. The van der Waals surface area contributed by atoms with Crippen LogP contribution in [-0.4, -0.2) is 33.8 Å². The third kappa shape index (κ3) is 4.35. The van der Waals surface area contributed by atoms with Crippen LogP contribution >= 0.6 is 0 Å². The lowest BCUT2D eigenvalue weighted by Gasteiger charge is -2.52. The fourth-order valence-electron chi connectivity index (χ4n) is 4.46. The molecule has 5 nitrogen and oxygen atoms in total. The van der Waals surface area contributed by atoms with Gasteiger partial charge in [-0.1, -0.05) is 0 Å². The highest BCUT2D eigenvalue weighted by atomic mass is 19.4. The Labute approximate surface area is 168 Å². The normalized spacial score (nSPS) is 27.3. The fourth-order valence-corrected chi connectivity index (χ4v) is 4.46. The van der Waals surface area contributed by atoms with E-state index in [1.54, 1.807) is 25.7 Å². The highest BCUT2D eigenvalue weighted by molar-refractivity contribution is 5.69. The Morgan fingerprint density at radius 2 is 1.83 bits per heavy atom. The number of halogens is 3. The lowest BCUT2D eigenvalue weighted by atomic mass is 9.71. The number of ether oxygens (including phenoxy) is 1. The van der Waals surface area contributed by atoms with Gasteiger partial charge in [0.15, 0.2) is 0 Å². The molecule has 1 N–H and O–H groups in total. The molecule has 0 aliphatic carbocycles. The predicted molar refractivity (Wildman–Crippen MR) is 98.8 cm³/mol. The van der Waals surface area contributed by atoms with Gasteiger partial charge in [0.2, 0.25) is 0 Å². The van der Waals surface area contributed by atoms with E-state index in [9.17, 15) is 28.3 Å². The molecule has 2 saturated heterocycles. The van der Waals surface area contributed by atoms with Crippen LogP contribution in [0.4, 0.5) is 18.0 Å². The van der Waals surface area contributed by atoms with Crippen LogP contribution in [0.5, 0.6) is 0 Å². The van der Waals surface area contributed by atoms with E-state index in [2.05, 4.69) is 0 Å². The Bertz CT molecular complexity index is 825. The number of amides is 1. The molecule has 1 amide bonds. The van der Waals surface area contributed by atoms with Crippen molar-refractivity contribution >= 4 is 6.09 Å². The summed E-state index contributed by atoms with van der Waals surface area (Å²) in [6, 6.07) is 4.00. The number of hydrogen-bond donors (Lipinski definition) is 1. The van der Waals surface area contributed by atoms with E-state index in [0.717, 1.165) is 24.6 Å². The van der Waals surface area contributed by atoms with Crippen molar-refractivity contribution < 1.29 is 27.8 Å². The lowest BCUT2D eigenvalue weighted by Crippen LogP contribution is -2.59. The van der Waals surface area contributed by atoms with Gasteiger partial charge in [0.1, 0.15) is 5.60 Å². The summed E-state index contributed by atoms with van der Waals surface area (Å²) in [5, 5.41) is 20.8. The maximum atomic E-state index is 13.2. The topological polar surface area (TPSA) is 73.6 Å². The van der Waals surface area contributed by atoms with E-state index < -0.39 is 29.0 Å². The van der Waals surface area contributed by atoms with Crippen LogP contribution in [0.25, 0.3) is 0 Å². The van der Waals surface area contributed by atoms with Crippen LogP contribution in [-0.2, 0) is 16.5 Å². The first-order valence-corrected chi connectivity index (χ1v) is 9.69. The van der Waals surface area contributed by atoms with Crippen molar-refractivity contribution in [2.75, 3.05) is 0 Å². The molecule has 8 heteroatoms. The van der Waals surface area contributed by atoms with E-state index in [-0.39, 0.29) is 36.1 Å². The molecule has 1 aromatic rings. The molecule has 0 aromatic heterocycles. The van der Waals surface area contributed by atoms with Crippen molar-refractivity contribution in [3.8, 4) is 6.07 Å². The minimum absolute atomic E-state index is 0.0179. The molecule has 3 rings (SSSR count). The van der Waals surface area contributed by atoms with Crippen molar-refractivity contribution in [3.05, 3.63) is 34.9 Å². The molecule has 2 aliphatic heterocycles. The summed E-state index contributed by atoms with van der Waals surface area (Å²) in [5.41, 5.74) is -3.19. The number of benzene rings is 1. The standard InChI is InChI=1S/C21H25F3N2O3/c1-19(2,3)29-18(27)26-15-5-4-6-16(26)11-20(28,10-15)17-9-14(21(22,23)24)8-7-13(17)12-25/h7-9,15-16,28H,4-6,10-11H2,1-3H3. The number of nitriles is 1. The summed E-state index contributed by atoms with van der Waals surface area (Å²) >= 11 is 0. The van der Waals surface area contributed by atoms with Crippen molar-refractivity contribution in [2.24, 2.45) is 0 Å². The van der Waals surface area contributed by atoms with Gasteiger partial charge in [0.05, 0.1) is 22.8 Å². The van der Waals surface area contributed by atoms with Gasteiger partial charge in [-0.15, -0.1) is 0 Å². The summed E-state index contributed by atoms with van der Waals surface area (Å²) in [4.78, 5) is 14.3. The first-order chi connectivity index (χ1) is 13.3. The van der Waals surface area contributed by atoms with Crippen molar-refractivity contribution in [1.29, 1.82) is 5.26 Å². The van der Waals surface area contributed by atoms with Gasteiger partial charge in [-0.2, -0.15) is 18.4 Å². The molecule has 29 heavy (non-hydrogen) atoms. The van der Waals surface area contributed by atoms with Gasteiger partial charge in [-0.05, 0) is 58.2 Å². The Morgan fingerprint density at radius 1 is 1.24 bits per heavy atom. The third-order valence-electron chi connectivity index (χ3n) is 5.58. The van der Waals surface area contributed by atoms with Crippen LogP contribution in [0.1, 0.15) is 69.6 Å². The van der Waals surface area contributed by atoms with Crippen LogP contribution < -0.4 is 0 Å². The molecular weight excluding hydrogens is 385 g/mol. The SMILES string of the molecule is CC(C)(C)OC(=O)N1C2CCCC1CC(O)(c1cc(C(F)(F)F)ccc1C#N)C2. The van der Waals surface area contributed by atoms with E-state index in [4.69, 9.17) is 4.74 Å². The first-order valence-electron chi connectivity index (χ1n) is 9.69. The van der Waals surface area contributed by atoms with E-state index >= 15 is 0 Å². The zero-order valence-corrected chi connectivity index (χ0v) is 16.7. The minimum atomic E-state index is -4.58. The number of carbonyl (C=O) groups is 1. The summed E-state index contributed by atoms with van der Waals surface area (Å²) in [7, 11) is 0. The smallest absolute Gasteiger partial charge is 0.416 e. The Morgan fingerprint density at radius 3 is 2.31 bits per heavy atom. The number of aliphatic hydroxyl groups is 1. The van der Waals surface area contributed by atoms with Gasteiger partial charge in [0, 0.05) is 30.5 Å². The predicted octanol–water partition coefficient (Wildman–Crippen LogP) is 4.72. The summed E-state index contributed by atoms with van der Waals surface area (Å²) in [6.45, 7) is 5.30. The van der Waals surface area contributed by atoms with Crippen LogP contribution in [0.15, 0.2) is 18.2 Å².